The van der Waals surface area contributed by atoms with Crippen molar-refractivity contribution in [3.8, 4) is 0 Å². The standard InChI is InChI=1S/C13H14Cl2N2O/c14-11-8-17-12(15)7-10(11)13(18)16-6-5-9-3-1-2-4-9/h3,7-8H,1-2,4-6H2,(H,16,18). The van der Waals surface area contributed by atoms with Crippen molar-refractivity contribution in [3.05, 3.63) is 39.7 Å². The molecule has 96 valence electrons. The van der Waals surface area contributed by atoms with E-state index in [1.807, 2.05) is 0 Å². The van der Waals surface area contributed by atoms with E-state index in [9.17, 15) is 4.79 Å². The second kappa shape index (κ2) is 6.21. The molecule has 1 aliphatic rings. The molecular weight excluding hydrogens is 271 g/mol. The second-order valence-corrected chi connectivity index (χ2v) is 5.04. The van der Waals surface area contributed by atoms with Crippen LogP contribution in [0.4, 0.5) is 0 Å². The molecule has 2 rings (SSSR count). The molecule has 0 spiro atoms. The summed E-state index contributed by atoms with van der Waals surface area (Å²) in [6.07, 6.45) is 8.09. The molecule has 0 bridgehead atoms. The summed E-state index contributed by atoms with van der Waals surface area (Å²) in [5.41, 5.74) is 1.80. The van der Waals surface area contributed by atoms with Gasteiger partial charge in [0.25, 0.3) is 5.91 Å². The van der Waals surface area contributed by atoms with E-state index in [0.717, 1.165) is 19.3 Å². The minimum absolute atomic E-state index is 0.206. The van der Waals surface area contributed by atoms with Gasteiger partial charge < -0.3 is 5.32 Å². The average Bonchev–Trinajstić information content (AvgIpc) is 2.85. The van der Waals surface area contributed by atoms with Crippen LogP contribution in [0, 0.1) is 0 Å². The number of amides is 1. The highest BCUT2D eigenvalue weighted by molar-refractivity contribution is 6.35. The van der Waals surface area contributed by atoms with Gasteiger partial charge in [-0.3, -0.25) is 4.79 Å². The lowest BCUT2D eigenvalue weighted by atomic mass is 10.1. The fourth-order valence-electron chi connectivity index (χ4n) is 1.98. The quantitative estimate of drug-likeness (QED) is 0.678. The summed E-state index contributed by atoms with van der Waals surface area (Å²) in [6.45, 7) is 0.626. The van der Waals surface area contributed by atoms with E-state index in [1.165, 1.54) is 24.3 Å². The molecule has 0 saturated heterocycles. The minimum atomic E-state index is -0.206. The first-order chi connectivity index (χ1) is 8.66. The number of rotatable bonds is 4. The van der Waals surface area contributed by atoms with Gasteiger partial charge in [0.05, 0.1) is 10.6 Å². The van der Waals surface area contributed by atoms with Gasteiger partial charge >= 0.3 is 0 Å². The normalized spacial score (nSPS) is 14.4. The number of carbonyl (C=O) groups is 1. The van der Waals surface area contributed by atoms with Crippen LogP contribution in [-0.4, -0.2) is 17.4 Å². The van der Waals surface area contributed by atoms with Crippen LogP contribution in [0.1, 0.15) is 36.0 Å². The zero-order chi connectivity index (χ0) is 13.0. The van der Waals surface area contributed by atoms with Gasteiger partial charge in [-0.1, -0.05) is 34.9 Å². The molecule has 1 aromatic heterocycles. The van der Waals surface area contributed by atoms with Gasteiger partial charge in [0.15, 0.2) is 0 Å². The topological polar surface area (TPSA) is 42.0 Å². The van der Waals surface area contributed by atoms with Gasteiger partial charge in [0.2, 0.25) is 0 Å². The predicted molar refractivity (Wildman–Crippen MR) is 73.1 cm³/mol. The summed E-state index contributed by atoms with van der Waals surface area (Å²) in [5.74, 6) is -0.206. The molecule has 0 unspecified atom stereocenters. The third-order valence-electron chi connectivity index (χ3n) is 2.93. The first-order valence-corrected chi connectivity index (χ1v) is 6.69. The number of nitrogens with zero attached hydrogens (tertiary/aromatic N) is 1. The van der Waals surface area contributed by atoms with Gasteiger partial charge in [-0.15, -0.1) is 0 Å². The van der Waals surface area contributed by atoms with Crippen molar-refractivity contribution in [1.82, 2.24) is 10.3 Å². The molecule has 1 aromatic rings. The third kappa shape index (κ3) is 3.47. The summed E-state index contributed by atoms with van der Waals surface area (Å²) in [4.78, 5) is 15.7. The maximum Gasteiger partial charge on any atom is 0.252 e. The van der Waals surface area contributed by atoms with Gasteiger partial charge in [0.1, 0.15) is 5.15 Å². The lowest BCUT2D eigenvalue weighted by molar-refractivity contribution is 0.0954. The van der Waals surface area contributed by atoms with E-state index >= 15 is 0 Å². The largest absolute Gasteiger partial charge is 0.352 e. The molecule has 18 heavy (non-hydrogen) atoms. The van der Waals surface area contributed by atoms with Crippen LogP contribution in [0.2, 0.25) is 10.2 Å². The fourth-order valence-corrected chi connectivity index (χ4v) is 2.33. The van der Waals surface area contributed by atoms with Crippen LogP contribution >= 0.6 is 23.2 Å². The number of carbonyl (C=O) groups excluding carboxylic acids is 1. The molecule has 0 fully saturated rings. The lowest BCUT2D eigenvalue weighted by Gasteiger charge is -2.07. The Bertz CT molecular complexity index is 486. The van der Waals surface area contributed by atoms with Crippen LogP contribution in [0.15, 0.2) is 23.9 Å². The maximum absolute atomic E-state index is 11.9. The fraction of sp³-hybridized carbons (Fsp3) is 0.385. The van der Waals surface area contributed by atoms with Crippen LogP contribution in [0.3, 0.4) is 0 Å². The number of hydrogen-bond donors (Lipinski definition) is 1. The summed E-state index contributed by atoms with van der Waals surface area (Å²) < 4.78 is 0. The molecule has 1 aliphatic carbocycles. The lowest BCUT2D eigenvalue weighted by Crippen LogP contribution is -2.25. The van der Waals surface area contributed by atoms with E-state index in [1.54, 1.807) is 0 Å². The molecule has 0 radical (unpaired) electrons. The second-order valence-electron chi connectivity index (χ2n) is 4.25. The number of halogens is 2. The Morgan fingerprint density at radius 2 is 2.28 bits per heavy atom. The Labute approximate surface area is 116 Å². The first kappa shape index (κ1) is 13.4. The predicted octanol–water partition coefficient (Wildman–Crippen LogP) is 3.62. The Morgan fingerprint density at radius 1 is 1.44 bits per heavy atom. The van der Waals surface area contributed by atoms with Crippen molar-refractivity contribution in [2.45, 2.75) is 25.7 Å². The molecule has 0 atom stereocenters. The van der Waals surface area contributed by atoms with Crippen LogP contribution in [0.25, 0.3) is 0 Å². The summed E-state index contributed by atoms with van der Waals surface area (Å²) in [6, 6.07) is 1.48. The van der Waals surface area contributed by atoms with Gasteiger partial charge in [0, 0.05) is 12.7 Å². The van der Waals surface area contributed by atoms with E-state index in [4.69, 9.17) is 23.2 Å². The van der Waals surface area contributed by atoms with Gasteiger partial charge in [-0.05, 0) is 31.7 Å². The molecule has 0 aliphatic heterocycles. The van der Waals surface area contributed by atoms with Crippen molar-refractivity contribution in [2.75, 3.05) is 6.54 Å². The number of hydrogen-bond acceptors (Lipinski definition) is 2. The van der Waals surface area contributed by atoms with Crippen molar-refractivity contribution in [3.63, 3.8) is 0 Å². The molecular formula is C13H14Cl2N2O. The average molecular weight is 285 g/mol. The zero-order valence-electron chi connectivity index (χ0n) is 9.88. The van der Waals surface area contributed by atoms with Crippen LogP contribution < -0.4 is 5.32 Å². The molecule has 1 N–H and O–H groups in total. The van der Waals surface area contributed by atoms with Crippen LogP contribution in [-0.2, 0) is 0 Å². The number of allylic oxidation sites excluding steroid dienone is 1. The Kier molecular flexibility index (Phi) is 4.61. The van der Waals surface area contributed by atoms with E-state index in [2.05, 4.69) is 16.4 Å². The Morgan fingerprint density at radius 3 is 3.00 bits per heavy atom. The molecule has 1 heterocycles. The highest BCUT2D eigenvalue weighted by Crippen LogP contribution is 2.20. The van der Waals surface area contributed by atoms with Crippen molar-refractivity contribution >= 4 is 29.1 Å². The first-order valence-electron chi connectivity index (χ1n) is 5.94. The summed E-state index contributed by atoms with van der Waals surface area (Å²) in [5, 5.41) is 3.43. The van der Waals surface area contributed by atoms with Gasteiger partial charge in [-0.2, -0.15) is 0 Å². The van der Waals surface area contributed by atoms with Crippen molar-refractivity contribution in [1.29, 1.82) is 0 Å². The molecule has 3 nitrogen and oxygen atoms in total. The molecule has 5 heteroatoms. The number of nitrogens with one attached hydrogen (secondary N) is 1. The van der Waals surface area contributed by atoms with E-state index < -0.39 is 0 Å². The smallest absolute Gasteiger partial charge is 0.252 e. The number of aromatic nitrogens is 1. The van der Waals surface area contributed by atoms with Crippen molar-refractivity contribution < 1.29 is 4.79 Å². The Hall–Kier alpha value is -1.06. The zero-order valence-corrected chi connectivity index (χ0v) is 11.4. The van der Waals surface area contributed by atoms with E-state index in [0.29, 0.717) is 17.1 Å². The summed E-state index contributed by atoms with van der Waals surface area (Å²) >= 11 is 11.6. The molecule has 0 aromatic carbocycles. The van der Waals surface area contributed by atoms with Crippen LogP contribution in [0.5, 0.6) is 0 Å². The molecule has 0 saturated carbocycles. The summed E-state index contributed by atoms with van der Waals surface area (Å²) in [7, 11) is 0. The van der Waals surface area contributed by atoms with Crippen molar-refractivity contribution in [2.24, 2.45) is 0 Å². The Balaban J connectivity index is 1.89. The van der Waals surface area contributed by atoms with Gasteiger partial charge in [-0.25, -0.2) is 4.98 Å². The number of pyridine rings is 1. The molecule has 1 amide bonds. The maximum atomic E-state index is 11.9. The highest BCUT2D eigenvalue weighted by atomic mass is 35.5. The monoisotopic (exact) mass is 284 g/mol. The minimum Gasteiger partial charge on any atom is -0.352 e. The van der Waals surface area contributed by atoms with E-state index in [-0.39, 0.29) is 11.1 Å². The highest BCUT2D eigenvalue weighted by Gasteiger charge is 2.11. The third-order valence-corrected chi connectivity index (χ3v) is 3.44. The SMILES string of the molecule is O=C(NCCC1=CCCC1)c1cc(Cl)ncc1Cl.